The monoisotopic (exact) mass is 454 g/mol. The van der Waals surface area contributed by atoms with Crippen molar-refractivity contribution in [3.05, 3.63) is 45.0 Å². The average Bonchev–Trinajstić information content (AvgIpc) is 3.24. The lowest BCUT2D eigenvalue weighted by Gasteiger charge is -2.18. The Morgan fingerprint density at radius 2 is 2.14 bits per heavy atom. The van der Waals surface area contributed by atoms with Gasteiger partial charge < -0.3 is 4.42 Å². The molecule has 1 fully saturated rings. The van der Waals surface area contributed by atoms with Crippen molar-refractivity contribution < 1.29 is 12.8 Å². The van der Waals surface area contributed by atoms with Gasteiger partial charge in [0.05, 0.1) is 35.4 Å². The molecule has 1 saturated heterocycles. The summed E-state index contributed by atoms with van der Waals surface area (Å²) in [5.41, 5.74) is 4.61. The van der Waals surface area contributed by atoms with Crippen molar-refractivity contribution in [2.75, 3.05) is 18.6 Å². The van der Waals surface area contributed by atoms with E-state index in [9.17, 15) is 8.42 Å². The molecule has 1 atom stereocenters. The first-order valence-electron chi connectivity index (χ1n) is 9.37. The van der Waals surface area contributed by atoms with Gasteiger partial charge in [-0.15, -0.1) is 0 Å². The Labute approximate surface area is 179 Å². The number of rotatable bonds is 5. The van der Waals surface area contributed by atoms with Gasteiger partial charge in [-0.25, -0.2) is 8.42 Å². The molecule has 1 aliphatic heterocycles. The predicted octanol–water partition coefficient (Wildman–Crippen LogP) is 3.88. The highest BCUT2D eigenvalue weighted by Gasteiger charge is 2.31. The van der Waals surface area contributed by atoms with Gasteiger partial charge in [0.1, 0.15) is 0 Å². The van der Waals surface area contributed by atoms with Gasteiger partial charge in [0.25, 0.3) is 4.84 Å². The van der Waals surface area contributed by atoms with Crippen LogP contribution >= 0.6 is 23.8 Å². The molecule has 0 N–H and O–H groups in total. The highest BCUT2D eigenvalue weighted by molar-refractivity contribution is 7.91. The first-order chi connectivity index (χ1) is 13.6. The van der Waals surface area contributed by atoms with Crippen molar-refractivity contribution in [1.82, 2.24) is 19.2 Å². The van der Waals surface area contributed by atoms with Gasteiger partial charge in [-0.2, -0.15) is 5.10 Å². The van der Waals surface area contributed by atoms with Crippen molar-refractivity contribution in [2.45, 2.75) is 39.5 Å². The maximum atomic E-state index is 11.9. The van der Waals surface area contributed by atoms with Crippen molar-refractivity contribution in [1.29, 1.82) is 0 Å². The topological polar surface area (TPSA) is 73.3 Å². The van der Waals surface area contributed by atoms with Gasteiger partial charge >= 0.3 is 0 Å². The number of nitrogens with zero attached hydrogens (tertiary/aromatic N) is 4. The van der Waals surface area contributed by atoms with Crippen LogP contribution < -0.4 is 0 Å². The Kier molecular flexibility index (Phi) is 5.35. The molecule has 1 aromatic carbocycles. The third-order valence-corrected chi connectivity index (χ3v) is 7.76. The van der Waals surface area contributed by atoms with Crippen LogP contribution in [-0.2, 0) is 23.1 Å². The van der Waals surface area contributed by atoms with Crippen molar-refractivity contribution >= 4 is 44.8 Å². The summed E-state index contributed by atoms with van der Waals surface area (Å²) in [6.45, 7) is 5.19. The lowest BCUT2D eigenvalue weighted by Crippen LogP contribution is -2.22. The number of hydrogen-bond donors (Lipinski definition) is 0. The average molecular weight is 455 g/mol. The summed E-state index contributed by atoms with van der Waals surface area (Å²) in [6.07, 6.45) is 0.623. The number of hydrogen-bond acceptors (Lipinski definition) is 6. The Morgan fingerprint density at radius 1 is 1.38 bits per heavy atom. The molecule has 0 saturated carbocycles. The molecular weight excluding hydrogens is 432 g/mol. The Morgan fingerprint density at radius 3 is 2.83 bits per heavy atom. The third kappa shape index (κ3) is 4.01. The van der Waals surface area contributed by atoms with E-state index in [1.165, 1.54) is 0 Å². The zero-order valence-electron chi connectivity index (χ0n) is 16.6. The largest absolute Gasteiger partial charge is 0.429 e. The smallest absolute Gasteiger partial charge is 0.270 e. The number of halogens is 1. The van der Waals surface area contributed by atoms with E-state index in [1.54, 1.807) is 6.07 Å². The van der Waals surface area contributed by atoms with E-state index in [0.29, 0.717) is 35.1 Å². The minimum absolute atomic E-state index is 0.0751. The number of benzene rings is 1. The lowest BCUT2D eigenvalue weighted by molar-refractivity contribution is 0.256. The summed E-state index contributed by atoms with van der Waals surface area (Å²) >= 11 is 11.4. The normalized spacial score (nSPS) is 18.9. The number of aryl methyl sites for hydroxylation is 1. The van der Waals surface area contributed by atoms with E-state index >= 15 is 0 Å². The van der Waals surface area contributed by atoms with Crippen LogP contribution in [0, 0.1) is 18.7 Å². The molecule has 4 rings (SSSR count). The molecule has 7 nitrogen and oxygen atoms in total. The summed E-state index contributed by atoms with van der Waals surface area (Å²) in [5.74, 6) is 0.407. The first kappa shape index (κ1) is 20.6. The van der Waals surface area contributed by atoms with Crippen LogP contribution in [0.25, 0.3) is 11.1 Å². The zero-order chi connectivity index (χ0) is 20.9. The second-order valence-electron chi connectivity index (χ2n) is 7.71. The summed E-state index contributed by atoms with van der Waals surface area (Å²) in [5, 5.41) is 5.26. The SMILES string of the molecule is Cc1nn(C2CCS(=O)(=O)C2)c(C)c1CN(C)Cn1c(=S)oc2cc(Cl)ccc21. The van der Waals surface area contributed by atoms with Gasteiger partial charge in [-0.1, -0.05) is 11.6 Å². The fourth-order valence-corrected chi connectivity index (χ4v) is 6.09. The van der Waals surface area contributed by atoms with Crippen LogP contribution in [0.15, 0.2) is 22.6 Å². The number of oxazole rings is 1. The quantitative estimate of drug-likeness (QED) is 0.545. The van der Waals surface area contributed by atoms with Gasteiger partial charge in [0.15, 0.2) is 15.4 Å². The van der Waals surface area contributed by atoms with Crippen LogP contribution in [0.5, 0.6) is 0 Å². The van der Waals surface area contributed by atoms with Gasteiger partial charge in [-0.3, -0.25) is 14.1 Å². The summed E-state index contributed by atoms with van der Waals surface area (Å²) in [7, 11) is -0.949. The standard InChI is InChI=1S/C19H23ClN4O3S2/c1-12-16(13(2)24(21-12)15-6-7-29(25,26)10-15)9-22(3)11-23-17-5-4-14(20)8-18(17)27-19(23)28/h4-5,8,15H,6-7,9-11H2,1-3H3. The molecule has 1 unspecified atom stereocenters. The maximum absolute atomic E-state index is 11.9. The number of fused-ring (bicyclic) bond motifs is 1. The van der Waals surface area contributed by atoms with Crippen LogP contribution in [0.2, 0.25) is 5.02 Å². The van der Waals surface area contributed by atoms with Crippen LogP contribution in [0.1, 0.15) is 29.4 Å². The summed E-state index contributed by atoms with van der Waals surface area (Å²) in [6, 6.07) is 5.41. The summed E-state index contributed by atoms with van der Waals surface area (Å²) < 4.78 is 33.2. The molecule has 3 heterocycles. The van der Waals surface area contributed by atoms with E-state index < -0.39 is 9.84 Å². The van der Waals surface area contributed by atoms with E-state index in [4.69, 9.17) is 28.2 Å². The van der Waals surface area contributed by atoms with Crippen LogP contribution in [0.3, 0.4) is 0 Å². The van der Waals surface area contributed by atoms with Crippen LogP contribution in [0.4, 0.5) is 0 Å². The van der Waals surface area contributed by atoms with Crippen LogP contribution in [-0.4, -0.2) is 46.2 Å². The Balaban J connectivity index is 1.56. The number of sulfone groups is 1. The minimum Gasteiger partial charge on any atom is -0.429 e. The second-order valence-corrected chi connectivity index (χ2v) is 10.7. The van der Waals surface area contributed by atoms with Crippen molar-refractivity contribution in [3.63, 3.8) is 0 Å². The molecule has 10 heteroatoms. The van der Waals surface area contributed by atoms with Gasteiger partial charge in [0.2, 0.25) is 0 Å². The van der Waals surface area contributed by atoms with E-state index in [1.807, 2.05) is 42.3 Å². The van der Waals surface area contributed by atoms with Crippen molar-refractivity contribution in [2.24, 2.45) is 0 Å². The maximum Gasteiger partial charge on any atom is 0.270 e. The highest BCUT2D eigenvalue weighted by atomic mass is 35.5. The summed E-state index contributed by atoms with van der Waals surface area (Å²) in [4.78, 5) is 2.53. The van der Waals surface area contributed by atoms with E-state index in [-0.39, 0.29) is 17.5 Å². The zero-order valence-corrected chi connectivity index (χ0v) is 18.9. The first-order valence-corrected chi connectivity index (χ1v) is 12.0. The lowest BCUT2D eigenvalue weighted by atomic mass is 10.2. The van der Waals surface area contributed by atoms with Crippen molar-refractivity contribution in [3.8, 4) is 0 Å². The molecule has 0 spiro atoms. The Hall–Kier alpha value is -1.68. The molecule has 2 aromatic heterocycles. The molecule has 0 radical (unpaired) electrons. The molecular formula is C19H23ClN4O3S2. The fraction of sp³-hybridized carbons (Fsp3) is 0.474. The highest BCUT2D eigenvalue weighted by Crippen LogP contribution is 2.28. The van der Waals surface area contributed by atoms with E-state index in [2.05, 4.69) is 10.00 Å². The minimum atomic E-state index is -2.96. The molecule has 0 aliphatic carbocycles. The molecule has 29 heavy (non-hydrogen) atoms. The van der Waals surface area contributed by atoms with E-state index in [0.717, 1.165) is 22.5 Å². The molecule has 1 aliphatic rings. The van der Waals surface area contributed by atoms with Gasteiger partial charge in [0, 0.05) is 28.9 Å². The predicted molar refractivity (Wildman–Crippen MR) is 116 cm³/mol. The van der Waals surface area contributed by atoms with Gasteiger partial charge in [-0.05, 0) is 51.7 Å². The molecule has 0 bridgehead atoms. The fourth-order valence-electron chi connectivity index (χ4n) is 3.99. The second kappa shape index (κ2) is 7.54. The molecule has 0 amide bonds. The molecule has 3 aromatic rings. The third-order valence-electron chi connectivity index (χ3n) is 5.47. The number of aromatic nitrogens is 3. The molecule has 156 valence electrons. The Bertz CT molecular complexity index is 1240.